The van der Waals surface area contributed by atoms with Crippen LogP contribution in [0.4, 0.5) is 5.69 Å². The fourth-order valence-electron chi connectivity index (χ4n) is 2.29. The van der Waals surface area contributed by atoms with Gasteiger partial charge in [-0.15, -0.1) is 11.3 Å². The van der Waals surface area contributed by atoms with E-state index in [9.17, 15) is 4.79 Å². The lowest BCUT2D eigenvalue weighted by molar-refractivity contribution is -0.123. The molecule has 0 unspecified atom stereocenters. The van der Waals surface area contributed by atoms with E-state index < -0.39 is 5.54 Å². The molecule has 2 aromatic rings. The van der Waals surface area contributed by atoms with Crippen molar-refractivity contribution in [3.8, 4) is 11.3 Å². The molecule has 1 fully saturated rings. The molecule has 1 amide bonds. The summed E-state index contributed by atoms with van der Waals surface area (Å²) in [5.74, 6) is -0.0876. The Morgan fingerprint density at radius 1 is 1.45 bits per heavy atom. The molecule has 0 aliphatic heterocycles. The number of carbonyl (C=O) groups excluding carboxylic acids is 1. The van der Waals surface area contributed by atoms with Gasteiger partial charge in [0.25, 0.3) is 0 Å². The zero-order chi connectivity index (χ0) is 14.2. The van der Waals surface area contributed by atoms with Crippen molar-refractivity contribution in [3.63, 3.8) is 0 Å². The van der Waals surface area contributed by atoms with E-state index in [1.54, 1.807) is 11.3 Å². The van der Waals surface area contributed by atoms with Gasteiger partial charge < -0.3 is 11.1 Å². The van der Waals surface area contributed by atoms with Gasteiger partial charge in [-0.25, -0.2) is 4.98 Å². The molecule has 0 bridgehead atoms. The second kappa shape index (κ2) is 5.00. The molecule has 1 aliphatic carbocycles. The zero-order valence-electron chi connectivity index (χ0n) is 11.3. The van der Waals surface area contributed by atoms with Crippen LogP contribution < -0.4 is 11.1 Å². The number of carbonyl (C=O) groups is 1. The molecule has 104 valence electrons. The van der Waals surface area contributed by atoms with E-state index in [1.807, 2.05) is 36.6 Å². The Kier molecular flexibility index (Phi) is 3.31. The first-order valence-electron chi connectivity index (χ1n) is 6.70. The molecule has 0 saturated heterocycles. The molecule has 5 heteroatoms. The van der Waals surface area contributed by atoms with Crippen LogP contribution in [-0.2, 0) is 4.79 Å². The number of aryl methyl sites for hydroxylation is 1. The lowest BCUT2D eigenvalue weighted by Gasteiger charge is -2.36. The molecular weight excluding hydrogens is 270 g/mol. The molecule has 3 rings (SSSR count). The summed E-state index contributed by atoms with van der Waals surface area (Å²) in [5, 5.41) is 5.97. The Morgan fingerprint density at radius 3 is 2.85 bits per heavy atom. The first-order chi connectivity index (χ1) is 9.57. The number of thiazole rings is 1. The third-order valence-electron chi connectivity index (χ3n) is 3.73. The van der Waals surface area contributed by atoms with Gasteiger partial charge in [-0.2, -0.15) is 0 Å². The third-order valence-corrected chi connectivity index (χ3v) is 4.51. The van der Waals surface area contributed by atoms with E-state index in [4.69, 9.17) is 5.73 Å². The van der Waals surface area contributed by atoms with E-state index in [0.717, 1.165) is 41.2 Å². The molecule has 0 radical (unpaired) electrons. The standard InChI is InChI=1S/C15H17N3OS/c1-10-17-13(9-20-10)11-4-2-5-12(8-11)18-14(19)15(16)6-3-7-15/h2,4-5,8-9H,3,6-7,16H2,1H3,(H,18,19). The molecule has 1 aromatic carbocycles. The topological polar surface area (TPSA) is 68.0 Å². The molecule has 1 aliphatic rings. The van der Waals surface area contributed by atoms with Crippen molar-refractivity contribution in [2.24, 2.45) is 5.73 Å². The Bertz CT molecular complexity index is 646. The Hall–Kier alpha value is -1.72. The van der Waals surface area contributed by atoms with E-state index in [2.05, 4.69) is 10.3 Å². The maximum Gasteiger partial charge on any atom is 0.244 e. The number of hydrogen-bond acceptors (Lipinski definition) is 4. The number of nitrogens with zero attached hydrogens (tertiary/aromatic N) is 1. The number of nitrogens with one attached hydrogen (secondary N) is 1. The largest absolute Gasteiger partial charge is 0.324 e. The monoisotopic (exact) mass is 287 g/mol. The third kappa shape index (κ3) is 2.46. The molecule has 3 N–H and O–H groups in total. The number of nitrogens with two attached hydrogens (primary N) is 1. The van der Waals surface area contributed by atoms with Crippen LogP contribution in [0.3, 0.4) is 0 Å². The summed E-state index contributed by atoms with van der Waals surface area (Å²) in [7, 11) is 0. The predicted octanol–water partition coefficient (Wildman–Crippen LogP) is 2.94. The van der Waals surface area contributed by atoms with Crippen molar-refractivity contribution >= 4 is 22.9 Å². The van der Waals surface area contributed by atoms with Crippen molar-refractivity contribution in [2.75, 3.05) is 5.32 Å². The molecule has 1 saturated carbocycles. The summed E-state index contributed by atoms with van der Waals surface area (Å²) < 4.78 is 0. The average Bonchev–Trinajstić information content (AvgIpc) is 2.83. The Morgan fingerprint density at radius 2 is 2.25 bits per heavy atom. The molecular formula is C15H17N3OS. The summed E-state index contributed by atoms with van der Waals surface area (Å²) in [6.07, 6.45) is 2.57. The zero-order valence-corrected chi connectivity index (χ0v) is 12.2. The first-order valence-corrected chi connectivity index (χ1v) is 7.58. The molecule has 0 spiro atoms. The van der Waals surface area contributed by atoms with Gasteiger partial charge in [0.1, 0.15) is 0 Å². The maximum atomic E-state index is 12.1. The normalized spacial score (nSPS) is 16.5. The number of benzene rings is 1. The highest BCUT2D eigenvalue weighted by Crippen LogP contribution is 2.31. The lowest BCUT2D eigenvalue weighted by Crippen LogP contribution is -2.56. The van der Waals surface area contributed by atoms with Crippen LogP contribution in [0.1, 0.15) is 24.3 Å². The maximum absolute atomic E-state index is 12.1. The van der Waals surface area contributed by atoms with Crippen LogP contribution in [0, 0.1) is 6.92 Å². The first kappa shape index (κ1) is 13.3. The highest BCUT2D eigenvalue weighted by atomic mass is 32.1. The Labute approximate surface area is 122 Å². The van der Waals surface area contributed by atoms with Crippen LogP contribution in [-0.4, -0.2) is 16.4 Å². The van der Waals surface area contributed by atoms with Crippen LogP contribution in [0.2, 0.25) is 0 Å². The van der Waals surface area contributed by atoms with Crippen molar-refractivity contribution in [3.05, 3.63) is 34.7 Å². The number of hydrogen-bond donors (Lipinski definition) is 2. The van der Waals surface area contributed by atoms with Gasteiger partial charge in [-0.05, 0) is 38.3 Å². The van der Waals surface area contributed by atoms with E-state index in [1.165, 1.54) is 0 Å². The number of aromatic nitrogens is 1. The van der Waals surface area contributed by atoms with Gasteiger partial charge in [0.05, 0.1) is 16.2 Å². The van der Waals surface area contributed by atoms with Crippen molar-refractivity contribution in [2.45, 2.75) is 31.7 Å². The van der Waals surface area contributed by atoms with Crippen LogP contribution in [0.5, 0.6) is 0 Å². The minimum Gasteiger partial charge on any atom is -0.324 e. The molecule has 4 nitrogen and oxygen atoms in total. The smallest absolute Gasteiger partial charge is 0.244 e. The van der Waals surface area contributed by atoms with E-state index in [0.29, 0.717) is 0 Å². The van der Waals surface area contributed by atoms with Gasteiger partial charge in [-0.3, -0.25) is 4.79 Å². The minimum absolute atomic E-state index is 0.0876. The van der Waals surface area contributed by atoms with Crippen molar-refractivity contribution < 1.29 is 4.79 Å². The molecule has 1 aromatic heterocycles. The number of amides is 1. The lowest BCUT2D eigenvalue weighted by atomic mass is 9.77. The summed E-state index contributed by atoms with van der Waals surface area (Å²) in [6, 6.07) is 7.73. The van der Waals surface area contributed by atoms with Gasteiger partial charge in [0.15, 0.2) is 0 Å². The van der Waals surface area contributed by atoms with E-state index in [-0.39, 0.29) is 5.91 Å². The highest BCUT2D eigenvalue weighted by Gasteiger charge is 2.40. The second-order valence-electron chi connectivity index (χ2n) is 5.30. The number of rotatable bonds is 3. The van der Waals surface area contributed by atoms with Crippen molar-refractivity contribution in [1.29, 1.82) is 0 Å². The summed E-state index contributed by atoms with van der Waals surface area (Å²) in [5.41, 5.74) is 8.07. The fraction of sp³-hybridized carbons (Fsp3) is 0.333. The highest BCUT2D eigenvalue weighted by molar-refractivity contribution is 7.09. The van der Waals surface area contributed by atoms with Gasteiger partial charge in [0, 0.05) is 16.6 Å². The SMILES string of the molecule is Cc1nc(-c2cccc(NC(=O)C3(N)CCC3)c2)cs1. The molecule has 20 heavy (non-hydrogen) atoms. The van der Waals surface area contributed by atoms with Crippen molar-refractivity contribution in [1.82, 2.24) is 4.98 Å². The fourth-order valence-corrected chi connectivity index (χ4v) is 2.91. The van der Waals surface area contributed by atoms with Crippen LogP contribution >= 0.6 is 11.3 Å². The minimum atomic E-state index is -0.673. The molecule has 0 atom stereocenters. The van der Waals surface area contributed by atoms with Crippen LogP contribution in [0.25, 0.3) is 11.3 Å². The predicted molar refractivity (Wildman–Crippen MR) is 81.7 cm³/mol. The summed E-state index contributed by atoms with van der Waals surface area (Å²) >= 11 is 1.62. The molecule has 1 heterocycles. The van der Waals surface area contributed by atoms with E-state index >= 15 is 0 Å². The average molecular weight is 287 g/mol. The number of anilines is 1. The quantitative estimate of drug-likeness (QED) is 0.912. The van der Waals surface area contributed by atoms with Gasteiger partial charge in [-0.1, -0.05) is 12.1 Å². The van der Waals surface area contributed by atoms with Gasteiger partial charge >= 0.3 is 0 Å². The summed E-state index contributed by atoms with van der Waals surface area (Å²) in [6.45, 7) is 1.98. The van der Waals surface area contributed by atoms with Crippen LogP contribution in [0.15, 0.2) is 29.6 Å². The summed E-state index contributed by atoms with van der Waals surface area (Å²) in [4.78, 5) is 16.6. The van der Waals surface area contributed by atoms with Gasteiger partial charge in [0.2, 0.25) is 5.91 Å². The Balaban J connectivity index is 1.79. The second-order valence-corrected chi connectivity index (χ2v) is 6.36.